The van der Waals surface area contributed by atoms with Gasteiger partial charge in [-0.25, -0.2) is 0 Å². The summed E-state index contributed by atoms with van der Waals surface area (Å²) in [7, 11) is 0. The van der Waals surface area contributed by atoms with Crippen molar-refractivity contribution in [3.63, 3.8) is 0 Å². The highest BCUT2D eigenvalue weighted by Crippen LogP contribution is 2.15. The lowest BCUT2D eigenvalue weighted by atomic mass is 10.2. The summed E-state index contributed by atoms with van der Waals surface area (Å²) in [4.78, 5) is 21.5. The van der Waals surface area contributed by atoms with E-state index in [1.807, 2.05) is 6.07 Å². The molecule has 16 heavy (non-hydrogen) atoms. The molecule has 0 fully saturated rings. The zero-order valence-corrected chi connectivity index (χ0v) is 9.10. The number of carbonyl (C=O) groups is 2. The molecule has 0 radical (unpaired) electrons. The van der Waals surface area contributed by atoms with Crippen LogP contribution in [0.5, 0.6) is 0 Å². The minimum absolute atomic E-state index is 0.211. The Balaban J connectivity index is 2.91. The largest absolute Gasteiger partial charge is 0.431 e. The van der Waals surface area contributed by atoms with Gasteiger partial charge in [0, 0.05) is 19.4 Å². The van der Waals surface area contributed by atoms with Crippen LogP contribution in [0, 0.1) is 0 Å². The zero-order chi connectivity index (χ0) is 12.0. The molecule has 0 amide bonds. The van der Waals surface area contributed by atoms with Crippen LogP contribution < -0.4 is 0 Å². The van der Waals surface area contributed by atoms with E-state index in [-0.39, 0.29) is 5.76 Å². The van der Waals surface area contributed by atoms with E-state index >= 15 is 0 Å². The molecule has 1 rings (SSSR count). The fourth-order valence-electron chi connectivity index (χ4n) is 1.04. The molecule has 0 heterocycles. The van der Waals surface area contributed by atoms with E-state index in [4.69, 9.17) is 4.74 Å². The first-order valence-electron chi connectivity index (χ1n) is 4.71. The smallest absolute Gasteiger partial charge is 0.308 e. The topological polar surface area (TPSA) is 52.6 Å². The molecule has 0 aromatic heterocycles. The monoisotopic (exact) mass is 220 g/mol. The molecule has 0 bridgehead atoms. The maximum atomic E-state index is 10.9. The third-order valence-electron chi connectivity index (χ3n) is 1.64. The quantitative estimate of drug-likeness (QED) is 0.578. The second-order valence-electron chi connectivity index (χ2n) is 3.05. The van der Waals surface area contributed by atoms with Crippen molar-refractivity contribution in [2.75, 3.05) is 0 Å². The summed E-state index contributed by atoms with van der Waals surface area (Å²) in [6.07, 6.45) is 1.12. The van der Waals surface area contributed by atoms with Gasteiger partial charge in [0.2, 0.25) is 0 Å². The number of hydrogen-bond donors (Lipinski definition) is 0. The van der Waals surface area contributed by atoms with E-state index in [0.717, 1.165) is 6.26 Å². The third kappa shape index (κ3) is 3.96. The molecule has 84 valence electrons. The Labute approximate surface area is 93.5 Å². The number of ether oxygens (including phenoxy) is 2. The van der Waals surface area contributed by atoms with Crippen LogP contribution in [0.2, 0.25) is 0 Å². The maximum absolute atomic E-state index is 10.9. The van der Waals surface area contributed by atoms with E-state index in [2.05, 4.69) is 4.74 Å². The molecule has 0 aliphatic rings. The van der Waals surface area contributed by atoms with E-state index in [0.29, 0.717) is 5.56 Å². The molecule has 0 spiro atoms. The lowest BCUT2D eigenvalue weighted by molar-refractivity contribution is -0.137. The molecule has 0 atom stereocenters. The molecule has 0 N–H and O–H groups in total. The van der Waals surface area contributed by atoms with Gasteiger partial charge in [-0.05, 0) is 0 Å². The van der Waals surface area contributed by atoms with Crippen LogP contribution in [-0.2, 0) is 19.1 Å². The van der Waals surface area contributed by atoms with E-state index in [1.54, 1.807) is 24.3 Å². The average Bonchev–Trinajstić information content (AvgIpc) is 2.25. The van der Waals surface area contributed by atoms with Crippen LogP contribution in [-0.4, -0.2) is 11.9 Å². The van der Waals surface area contributed by atoms with Gasteiger partial charge in [0.05, 0.1) is 0 Å². The third-order valence-corrected chi connectivity index (χ3v) is 1.64. The van der Waals surface area contributed by atoms with Crippen molar-refractivity contribution in [2.45, 2.75) is 13.8 Å². The van der Waals surface area contributed by atoms with Crippen molar-refractivity contribution in [3.8, 4) is 0 Å². The predicted octanol–water partition coefficient (Wildman–Crippen LogP) is 2.11. The number of esters is 2. The van der Waals surface area contributed by atoms with Crippen molar-refractivity contribution in [1.82, 2.24) is 0 Å². The summed E-state index contributed by atoms with van der Waals surface area (Å²) in [6.45, 7) is 2.55. The van der Waals surface area contributed by atoms with E-state index < -0.39 is 11.9 Å². The van der Waals surface area contributed by atoms with E-state index in [1.165, 1.54) is 13.8 Å². The van der Waals surface area contributed by atoms with Gasteiger partial charge < -0.3 is 9.47 Å². The summed E-state index contributed by atoms with van der Waals surface area (Å²) in [5, 5.41) is 0. The molecule has 1 aromatic rings. The van der Waals surface area contributed by atoms with Gasteiger partial charge >= 0.3 is 11.9 Å². The molecule has 1 aromatic carbocycles. The summed E-state index contributed by atoms with van der Waals surface area (Å²) in [5.74, 6) is -0.730. The Hall–Kier alpha value is -2.10. The summed E-state index contributed by atoms with van der Waals surface area (Å²) in [6, 6.07) is 8.91. The zero-order valence-electron chi connectivity index (χ0n) is 9.10. The molecular weight excluding hydrogens is 208 g/mol. The van der Waals surface area contributed by atoms with Gasteiger partial charge in [0.25, 0.3) is 0 Å². The second-order valence-corrected chi connectivity index (χ2v) is 3.05. The number of rotatable bonds is 3. The van der Waals surface area contributed by atoms with Gasteiger partial charge in [0.15, 0.2) is 5.76 Å². The van der Waals surface area contributed by atoms with Crippen molar-refractivity contribution < 1.29 is 19.1 Å². The standard InChI is InChI=1S/C12H12O4/c1-9(13)15-8-12(16-10(2)14)11-6-4-3-5-7-11/h3-8H,1-2H3/b12-8-. The lowest BCUT2D eigenvalue weighted by Crippen LogP contribution is -2.00. The molecule has 0 unspecified atom stereocenters. The van der Waals surface area contributed by atoms with Gasteiger partial charge in [0.1, 0.15) is 6.26 Å². The summed E-state index contributed by atoms with van der Waals surface area (Å²) < 4.78 is 9.61. The predicted molar refractivity (Wildman–Crippen MR) is 58.0 cm³/mol. The Bertz CT molecular complexity index is 406. The number of carbonyl (C=O) groups excluding carboxylic acids is 2. The lowest BCUT2D eigenvalue weighted by Gasteiger charge is -2.06. The highest BCUT2D eigenvalue weighted by Gasteiger charge is 2.06. The minimum atomic E-state index is -0.472. The van der Waals surface area contributed by atoms with Crippen LogP contribution in [0.15, 0.2) is 36.6 Å². The second kappa shape index (κ2) is 5.70. The molecule has 4 nitrogen and oxygen atoms in total. The molecule has 0 saturated carbocycles. The molecular formula is C12H12O4. The fourth-order valence-corrected chi connectivity index (χ4v) is 1.04. The first-order valence-corrected chi connectivity index (χ1v) is 4.71. The SMILES string of the molecule is CC(=O)O/C=C(\OC(C)=O)c1ccccc1. The Kier molecular flexibility index (Phi) is 4.27. The van der Waals surface area contributed by atoms with Crippen LogP contribution >= 0.6 is 0 Å². The van der Waals surface area contributed by atoms with Gasteiger partial charge in [-0.2, -0.15) is 0 Å². The van der Waals surface area contributed by atoms with Crippen LogP contribution in [0.3, 0.4) is 0 Å². The average molecular weight is 220 g/mol. The van der Waals surface area contributed by atoms with Gasteiger partial charge in [-0.3, -0.25) is 9.59 Å². The molecule has 0 aliphatic heterocycles. The first kappa shape index (κ1) is 12.0. The summed E-state index contributed by atoms with van der Waals surface area (Å²) >= 11 is 0. The Morgan fingerprint density at radius 1 is 1.06 bits per heavy atom. The van der Waals surface area contributed by atoms with Crippen LogP contribution in [0.1, 0.15) is 19.4 Å². The Morgan fingerprint density at radius 3 is 2.19 bits per heavy atom. The fraction of sp³-hybridized carbons (Fsp3) is 0.167. The molecule has 0 aliphatic carbocycles. The number of benzene rings is 1. The normalized spacial score (nSPS) is 10.8. The van der Waals surface area contributed by atoms with Crippen molar-refractivity contribution in [1.29, 1.82) is 0 Å². The van der Waals surface area contributed by atoms with Gasteiger partial charge in [-0.1, -0.05) is 30.3 Å². The summed E-state index contributed by atoms with van der Waals surface area (Å²) in [5.41, 5.74) is 0.666. The number of hydrogen-bond acceptors (Lipinski definition) is 4. The van der Waals surface area contributed by atoms with E-state index in [9.17, 15) is 9.59 Å². The molecule has 0 saturated heterocycles. The van der Waals surface area contributed by atoms with Crippen molar-refractivity contribution in [2.24, 2.45) is 0 Å². The van der Waals surface area contributed by atoms with Crippen LogP contribution in [0.4, 0.5) is 0 Å². The van der Waals surface area contributed by atoms with Crippen molar-refractivity contribution in [3.05, 3.63) is 42.2 Å². The van der Waals surface area contributed by atoms with Crippen LogP contribution in [0.25, 0.3) is 5.76 Å². The Morgan fingerprint density at radius 2 is 1.69 bits per heavy atom. The van der Waals surface area contributed by atoms with Crippen molar-refractivity contribution >= 4 is 17.7 Å². The minimum Gasteiger partial charge on any atom is -0.431 e. The first-order chi connectivity index (χ1) is 7.59. The highest BCUT2D eigenvalue weighted by molar-refractivity contribution is 5.76. The molecule has 4 heteroatoms. The maximum Gasteiger partial charge on any atom is 0.308 e. The van der Waals surface area contributed by atoms with Gasteiger partial charge in [-0.15, -0.1) is 0 Å². The highest BCUT2D eigenvalue weighted by atomic mass is 16.6.